The molecule has 0 amide bonds. The van der Waals surface area contributed by atoms with Crippen LogP contribution >= 0.6 is 0 Å². The van der Waals surface area contributed by atoms with Crippen LogP contribution in [-0.2, 0) is 13.0 Å². The quantitative estimate of drug-likeness (QED) is 0.533. The Balaban J connectivity index is 1.31. The lowest BCUT2D eigenvalue weighted by molar-refractivity contribution is 0.688. The number of nitrogens with one attached hydrogen (secondary N) is 2. The summed E-state index contributed by atoms with van der Waals surface area (Å²) in [4.78, 5) is 7.41. The molecule has 0 atom stereocenters. The van der Waals surface area contributed by atoms with Crippen LogP contribution in [0.5, 0.6) is 0 Å². The fourth-order valence-electron chi connectivity index (χ4n) is 2.99. The fourth-order valence-corrected chi connectivity index (χ4v) is 2.99. The van der Waals surface area contributed by atoms with Crippen molar-refractivity contribution in [2.45, 2.75) is 13.0 Å². The summed E-state index contributed by atoms with van der Waals surface area (Å²) in [7, 11) is 0. The van der Waals surface area contributed by atoms with Crippen molar-refractivity contribution in [2.75, 3.05) is 6.54 Å². The van der Waals surface area contributed by atoms with Crippen LogP contribution in [-0.4, -0.2) is 21.1 Å². The Labute approximate surface area is 141 Å². The molecule has 2 heterocycles. The largest absolute Gasteiger partial charge is 0.361 e. The number of hydrogen-bond acceptors (Lipinski definition) is 2. The van der Waals surface area contributed by atoms with Crippen LogP contribution in [0.1, 0.15) is 11.1 Å². The van der Waals surface area contributed by atoms with E-state index in [1.54, 1.807) is 6.20 Å². The van der Waals surface area contributed by atoms with Crippen molar-refractivity contribution in [3.05, 3.63) is 84.6 Å². The average Bonchev–Trinajstić information content (AvgIpc) is 3.30. The van der Waals surface area contributed by atoms with E-state index in [1.165, 1.54) is 22.0 Å². The molecule has 0 aliphatic carbocycles. The van der Waals surface area contributed by atoms with Crippen molar-refractivity contribution in [2.24, 2.45) is 0 Å². The summed E-state index contributed by atoms with van der Waals surface area (Å²) in [5, 5.41) is 4.85. The van der Waals surface area contributed by atoms with Crippen molar-refractivity contribution in [1.82, 2.24) is 19.9 Å². The average molecular weight is 316 g/mol. The second-order valence-corrected chi connectivity index (χ2v) is 5.92. The van der Waals surface area contributed by atoms with Crippen LogP contribution in [0.4, 0.5) is 0 Å². The molecule has 4 aromatic rings. The molecule has 2 aromatic heterocycles. The summed E-state index contributed by atoms with van der Waals surface area (Å²) >= 11 is 0. The second kappa shape index (κ2) is 6.72. The lowest BCUT2D eigenvalue weighted by atomic mass is 10.1. The monoisotopic (exact) mass is 316 g/mol. The summed E-state index contributed by atoms with van der Waals surface area (Å²) < 4.78 is 2.01. The van der Waals surface area contributed by atoms with Gasteiger partial charge in [-0.25, -0.2) is 4.98 Å². The molecular weight excluding hydrogens is 296 g/mol. The van der Waals surface area contributed by atoms with E-state index in [1.807, 2.05) is 17.1 Å². The number of para-hydroxylation sites is 1. The van der Waals surface area contributed by atoms with E-state index in [2.05, 4.69) is 70.0 Å². The van der Waals surface area contributed by atoms with Crippen LogP contribution in [0.15, 0.2) is 73.4 Å². The first kappa shape index (κ1) is 14.7. The van der Waals surface area contributed by atoms with Crippen LogP contribution < -0.4 is 5.32 Å². The smallest absolute Gasteiger partial charge is 0.0991 e. The van der Waals surface area contributed by atoms with Gasteiger partial charge in [0.15, 0.2) is 0 Å². The summed E-state index contributed by atoms with van der Waals surface area (Å²) in [6.45, 7) is 1.84. The first-order chi connectivity index (χ1) is 11.9. The normalized spacial score (nSPS) is 11.2. The number of nitrogens with zero attached hydrogens (tertiary/aromatic N) is 2. The van der Waals surface area contributed by atoms with Gasteiger partial charge < -0.3 is 14.9 Å². The minimum Gasteiger partial charge on any atom is -0.361 e. The third-order valence-electron chi connectivity index (χ3n) is 4.31. The molecule has 4 rings (SSSR count). The summed E-state index contributed by atoms with van der Waals surface area (Å²) in [5.74, 6) is 0. The van der Waals surface area contributed by atoms with Gasteiger partial charge in [-0.15, -0.1) is 0 Å². The van der Waals surface area contributed by atoms with E-state index < -0.39 is 0 Å². The highest BCUT2D eigenvalue weighted by Crippen LogP contribution is 2.17. The second-order valence-electron chi connectivity index (χ2n) is 5.92. The topological polar surface area (TPSA) is 45.6 Å². The van der Waals surface area contributed by atoms with Crippen molar-refractivity contribution in [1.29, 1.82) is 0 Å². The standard InChI is InChI=1S/C20H20N4/c1-2-4-20-19(3-1)17(14-23-20)9-10-21-13-16-5-7-18(8-6-16)24-12-11-22-15-24/h1-8,11-12,14-15,21,23H,9-10,13H2. The molecule has 0 bridgehead atoms. The van der Waals surface area contributed by atoms with Gasteiger partial charge in [0.05, 0.1) is 6.33 Å². The number of H-pyrrole nitrogens is 1. The molecule has 4 heteroatoms. The molecule has 0 aliphatic rings. The van der Waals surface area contributed by atoms with Gasteiger partial charge in [0.1, 0.15) is 0 Å². The Morgan fingerprint density at radius 3 is 2.75 bits per heavy atom. The van der Waals surface area contributed by atoms with Gasteiger partial charge in [-0.1, -0.05) is 30.3 Å². The van der Waals surface area contributed by atoms with Crippen molar-refractivity contribution in [3.63, 3.8) is 0 Å². The van der Waals surface area contributed by atoms with Gasteiger partial charge in [0.2, 0.25) is 0 Å². The van der Waals surface area contributed by atoms with Gasteiger partial charge in [-0.05, 0) is 42.3 Å². The van der Waals surface area contributed by atoms with E-state index in [9.17, 15) is 0 Å². The Morgan fingerprint density at radius 1 is 1.04 bits per heavy atom. The number of rotatable bonds is 6. The Kier molecular flexibility index (Phi) is 4.13. The number of fused-ring (bicyclic) bond motifs is 1. The summed E-state index contributed by atoms with van der Waals surface area (Å²) in [6, 6.07) is 17.0. The SMILES string of the molecule is c1ccc2c(CCNCc3ccc(-n4ccnc4)cc3)c[nH]c2c1. The van der Waals surface area contributed by atoms with Crippen LogP contribution in [0.3, 0.4) is 0 Å². The van der Waals surface area contributed by atoms with E-state index >= 15 is 0 Å². The summed E-state index contributed by atoms with van der Waals surface area (Å²) in [6.07, 6.45) is 8.70. The zero-order chi connectivity index (χ0) is 16.2. The number of aromatic nitrogens is 3. The first-order valence-corrected chi connectivity index (χ1v) is 8.23. The van der Waals surface area contributed by atoms with Gasteiger partial charge in [0, 0.05) is 41.7 Å². The predicted octanol–water partition coefficient (Wildman–Crippen LogP) is 3.69. The van der Waals surface area contributed by atoms with E-state index in [4.69, 9.17) is 0 Å². The van der Waals surface area contributed by atoms with Crippen LogP contribution in [0.2, 0.25) is 0 Å². The molecule has 0 radical (unpaired) electrons. The highest BCUT2D eigenvalue weighted by molar-refractivity contribution is 5.83. The Bertz CT molecular complexity index is 904. The lowest BCUT2D eigenvalue weighted by Crippen LogP contribution is -2.16. The molecule has 0 aliphatic heterocycles. The van der Waals surface area contributed by atoms with Crippen molar-refractivity contribution < 1.29 is 0 Å². The van der Waals surface area contributed by atoms with Gasteiger partial charge >= 0.3 is 0 Å². The number of benzene rings is 2. The molecule has 0 saturated carbocycles. The molecule has 0 fully saturated rings. The van der Waals surface area contributed by atoms with E-state index in [-0.39, 0.29) is 0 Å². The van der Waals surface area contributed by atoms with E-state index in [0.29, 0.717) is 0 Å². The van der Waals surface area contributed by atoms with Gasteiger partial charge in [0.25, 0.3) is 0 Å². The van der Waals surface area contributed by atoms with Crippen molar-refractivity contribution in [3.8, 4) is 5.69 Å². The number of hydrogen-bond donors (Lipinski definition) is 2. The Morgan fingerprint density at radius 2 is 1.92 bits per heavy atom. The van der Waals surface area contributed by atoms with Gasteiger partial charge in [-0.2, -0.15) is 0 Å². The molecule has 2 aromatic carbocycles. The van der Waals surface area contributed by atoms with E-state index in [0.717, 1.165) is 25.2 Å². The summed E-state index contributed by atoms with van der Waals surface area (Å²) in [5.41, 5.74) is 5.00. The number of imidazole rings is 1. The predicted molar refractivity (Wildman–Crippen MR) is 97.3 cm³/mol. The van der Waals surface area contributed by atoms with Crippen molar-refractivity contribution >= 4 is 10.9 Å². The molecule has 0 saturated heterocycles. The minimum atomic E-state index is 0.882. The molecule has 0 spiro atoms. The number of aromatic amines is 1. The molecule has 2 N–H and O–H groups in total. The van der Waals surface area contributed by atoms with Crippen LogP contribution in [0, 0.1) is 0 Å². The lowest BCUT2D eigenvalue weighted by Gasteiger charge is -2.07. The molecule has 24 heavy (non-hydrogen) atoms. The van der Waals surface area contributed by atoms with Gasteiger partial charge in [-0.3, -0.25) is 0 Å². The zero-order valence-electron chi connectivity index (χ0n) is 13.4. The highest BCUT2D eigenvalue weighted by atomic mass is 15.0. The minimum absolute atomic E-state index is 0.882. The molecule has 120 valence electrons. The Hall–Kier alpha value is -2.85. The van der Waals surface area contributed by atoms with Crippen LogP contribution in [0.25, 0.3) is 16.6 Å². The highest BCUT2D eigenvalue weighted by Gasteiger charge is 2.02. The fraction of sp³-hybridized carbons (Fsp3) is 0.150. The first-order valence-electron chi connectivity index (χ1n) is 8.23. The third-order valence-corrected chi connectivity index (χ3v) is 4.31. The zero-order valence-corrected chi connectivity index (χ0v) is 13.4. The molecule has 4 nitrogen and oxygen atoms in total. The third kappa shape index (κ3) is 3.09. The maximum atomic E-state index is 4.08. The molecular formula is C20H20N4. The maximum absolute atomic E-state index is 4.08. The molecule has 0 unspecified atom stereocenters. The maximum Gasteiger partial charge on any atom is 0.0991 e.